The van der Waals surface area contributed by atoms with E-state index in [1.807, 2.05) is 26.0 Å². The minimum absolute atomic E-state index is 0.108. The number of rotatable bonds is 4. The highest BCUT2D eigenvalue weighted by Crippen LogP contribution is 2.14. The lowest BCUT2D eigenvalue weighted by molar-refractivity contribution is 0.0953. The zero-order chi connectivity index (χ0) is 15.4. The summed E-state index contributed by atoms with van der Waals surface area (Å²) in [5.41, 5.74) is 3.50. The number of thiol groups is 1. The molecule has 0 saturated heterocycles. The molecule has 110 valence electrons. The average molecular weight is 303 g/mol. The Kier molecular flexibility index (Phi) is 5.02. The maximum atomic E-state index is 13.0. The van der Waals surface area contributed by atoms with Crippen LogP contribution in [0.1, 0.15) is 27.0 Å². The summed E-state index contributed by atoms with van der Waals surface area (Å²) >= 11 is 4.25. The van der Waals surface area contributed by atoms with Crippen molar-refractivity contribution in [3.63, 3.8) is 0 Å². The van der Waals surface area contributed by atoms with Crippen LogP contribution in [0.2, 0.25) is 0 Å². The molecule has 1 N–H and O–H groups in total. The van der Waals surface area contributed by atoms with E-state index in [1.165, 1.54) is 12.1 Å². The maximum absolute atomic E-state index is 13.0. The largest absolute Gasteiger partial charge is 0.352 e. The van der Waals surface area contributed by atoms with E-state index in [2.05, 4.69) is 17.9 Å². The first-order valence-corrected chi connectivity index (χ1v) is 7.25. The second kappa shape index (κ2) is 6.76. The van der Waals surface area contributed by atoms with E-state index >= 15 is 0 Å². The Morgan fingerprint density at radius 3 is 2.62 bits per heavy atom. The standard InChI is InChI=1S/C17H18FNOS/c1-11-3-6-15(21)10-16(11)17(20)19-8-7-13-4-5-14(18)9-12(13)2/h3-6,9-10,21H,7-8H2,1-2H3,(H,19,20). The van der Waals surface area contributed by atoms with Crippen LogP contribution in [-0.4, -0.2) is 12.5 Å². The summed E-state index contributed by atoms with van der Waals surface area (Å²) in [6, 6.07) is 10.2. The molecule has 0 aliphatic rings. The van der Waals surface area contributed by atoms with Gasteiger partial charge in [0.05, 0.1) is 0 Å². The number of nitrogens with one attached hydrogen (secondary N) is 1. The van der Waals surface area contributed by atoms with Gasteiger partial charge in [-0.15, -0.1) is 12.6 Å². The number of aryl methyl sites for hydroxylation is 2. The van der Waals surface area contributed by atoms with Crippen LogP contribution < -0.4 is 5.32 Å². The molecule has 0 heterocycles. The van der Waals surface area contributed by atoms with Crippen molar-refractivity contribution in [1.29, 1.82) is 0 Å². The topological polar surface area (TPSA) is 29.1 Å². The minimum Gasteiger partial charge on any atom is -0.352 e. The van der Waals surface area contributed by atoms with E-state index in [0.717, 1.165) is 21.6 Å². The zero-order valence-electron chi connectivity index (χ0n) is 12.1. The van der Waals surface area contributed by atoms with Gasteiger partial charge in [0, 0.05) is 17.0 Å². The molecular formula is C17H18FNOS. The molecule has 0 aromatic heterocycles. The van der Waals surface area contributed by atoms with E-state index in [0.29, 0.717) is 18.5 Å². The Bertz CT molecular complexity index is 670. The molecule has 0 bridgehead atoms. The van der Waals surface area contributed by atoms with Crippen molar-refractivity contribution < 1.29 is 9.18 Å². The monoisotopic (exact) mass is 303 g/mol. The summed E-state index contributed by atoms with van der Waals surface area (Å²) in [5.74, 6) is -0.343. The lowest BCUT2D eigenvalue weighted by atomic mass is 10.1. The van der Waals surface area contributed by atoms with Gasteiger partial charge in [-0.1, -0.05) is 12.1 Å². The van der Waals surface area contributed by atoms with Gasteiger partial charge in [0.15, 0.2) is 0 Å². The van der Waals surface area contributed by atoms with Crippen molar-refractivity contribution in [2.24, 2.45) is 0 Å². The summed E-state index contributed by atoms with van der Waals surface area (Å²) < 4.78 is 13.0. The number of hydrogen-bond acceptors (Lipinski definition) is 2. The fourth-order valence-corrected chi connectivity index (χ4v) is 2.40. The molecule has 0 atom stereocenters. The van der Waals surface area contributed by atoms with Gasteiger partial charge in [0.2, 0.25) is 0 Å². The molecule has 0 unspecified atom stereocenters. The second-order valence-electron chi connectivity index (χ2n) is 5.08. The van der Waals surface area contributed by atoms with Crippen molar-refractivity contribution in [2.45, 2.75) is 25.2 Å². The van der Waals surface area contributed by atoms with Gasteiger partial charge in [-0.05, 0) is 61.2 Å². The Morgan fingerprint density at radius 2 is 1.90 bits per heavy atom. The quantitative estimate of drug-likeness (QED) is 0.829. The molecule has 2 aromatic rings. The third kappa shape index (κ3) is 4.08. The molecule has 0 aliphatic carbocycles. The number of carbonyl (C=O) groups excluding carboxylic acids is 1. The highest BCUT2D eigenvalue weighted by molar-refractivity contribution is 7.80. The van der Waals surface area contributed by atoms with E-state index in [9.17, 15) is 9.18 Å². The van der Waals surface area contributed by atoms with Crippen LogP contribution in [0.3, 0.4) is 0 Å². The van der Waals surface area contributed by atoms with Crippen molar-refractivity contribution in [2.75, 3.05) is 6.54 Å². The predicted molar refractivity (Wildman–Crippen MR) is 85.6 cm³/mol. The van der Waals surface area contributed by atoms with Gasteiger partial charge < -0.3 is 5.32 Å². The molecule has 0 aliphatic heterocycles. The van der Waals surface area contributed by atoms with E-state index in [4.69, 9.17) is 0 Å². The van der Waals surface area contributed by atoms with Gasteiger partial charge >= 0.3 is 0 Å². The molecule has 0 fully saturated rings. The van der Waals surface area contributed by atoms with E-state index < -0.39 is 0 Å². The number of benzene rings is 2. The fraction of sp³-hybridized carbons (Fsp3) is 0.235. The van der Waals surface area contributed by atoms with E-state index in [1.54, 1.807) is 12.1 Å². The van der Waals surface area contributed by atoms with Crippen molar-refractivity contribution in [1.82, 2.24) is 5.32 Å². The Labute approximate surface area is 129 Å². The molecule has 0 radical (unpaired) electrons. The number of hydrogen-bond donors (Lipinski definition) is 2. The SMILES string of the molecule is Cc1cc(F)ccc1CCNC(=O)c1cc(S)ccc1C. The zero-order valence-corrected chi connectivity index (χ0v) is 13.0. The first-order chi connectivity index (χ1) is 9.97. The molecule has 21 heavy (non-hydrogen) atoms. The molecule has 0 spiro atoms. The summed E-state index contributed by atoms with van der Waals surface area (Å²) in [7, 11) is 0. The highest BCUT2D eigenvalue weighted by atomic mass is 32.1. The molecule has 2 rings (SSSR count). The van der Waals surface area contributed by atoms with Gasteiger partial charge in [-0.3, -0.25) is 4.79 Å². The molecular weight excluding hydrogens is 285 g/mol. The molecule has 4 heteroatoms. The summed E-state index contributed by atoms with van der Waals surface area (Å²) in [6.07, 6.45) is 0.678. The summed E-state index contributed by atoms with van der Waals surface area (Å²) in [4.78, 5) is 12.9. The average Bonchev–Trinajstić information content (AvgIpc) is 2.43. The molecule has 2 aromatic carbocycles. The first-order valence-electron chi connectivity index (χ1n) is 6.80. The lowest BCUT2D eigenvalue weighted by Gasteiger charge is -2.10. The van der Waals surface area contributed by atoms with Crippen LogP contribution in [0.25, 0.3) is 0 Å². The third-order valence-electron chi connectivity index (χ3n) is 3.45. The molecule has 0 saturated carbocycles. The van der Waals surface area contributed by atoms with Crippen molar-refractivity contribution >= 4 is 18.5 Å². The third-order valence-corrected chi connectivity index (χ3v) is 3.73. The summed E-state index contributed by atoms with van der Waals surface area (Å²) in [5, 5.41) is 2.89. The fourth-order valence-electron chi connectivity index (χ4n) is 2.20. The Morgan fingerprint density at radius 1 is 1.14 bits per heavy atom. The number of amides is 1. The maximum Gasteiger partial charge on any atom is 0.251 e. The van der Waals surface area contributed by atoms with Crippen LogP contribution in [0.15, 0.2) is 41.3 Å². The lowest BCUT2D eigenvalue weighted by Crippen LogP contribution is -2.26. The predicted octanol–water partition coefficient (Wildman–Crippen LogP) is 3.70. The smallest absolute Gasteiger partial charge is 0.251 e. The van der Waals surface area contributed by atoms with Gasteiger partial charge in [-0.2, -0.15) is 0 Å². The summed E-state index contributed by atoms with van der Waals surface area (Å²) in [6.45, 7) is 4.28. The highest BCUT2D eigenvalue weighted by Gasteiger charge is 2.09. The second-order valence-corrected chi connectivity index (χ2v) is 5.59. The van der Waals surface area contributed by atoms with Crippen LogP contribution in [0.5, 0.6) is 0 Å². The first kappa shape index (κ1) is 15.6. The van der Waals surface area contributed by atoms with Crippen LogP contribution in [0.4, 0.5) is 4.39 Å². The minimum atomic E-state index is -0.235. The van der Waals surface area contributed by atoms with Crippen LogP contribution >= 0.6 is 12.6 Å². The van der Waals surface area contributed by atoms with Crippen LogP contribution in [-0.2, 0) is 6.42 Å². The molecule has 1 amide bonds. The van der Waals surface area contributed by atoms with E-state index in [-0.39, 0.29) is 11.7 Å². The Balaban J connectivity index is 1.97. The van der Waals surface area contributed by atoms with Gasteiger partial charge in [0.1, 0.15) is 5.82 Å². The number of carbonyl (C=O) groups is 1. The normalized spacial score (nSPS) is 10.5. The van der Waals surface area contributed by atoms with Crippen molar-refractivity contribution in [3.05, 3.63) is 64.5 Å². The molecule has 2 nitrogen and oxygen atoms in total. The van der Waals surface area contributed by atoms with Gasteiger partial charge in [-0.25, -0.2) is 4.39 Å². The van der Waals surface area contributed by atoms with Crippen molar-refractivity contribution in [3.8, 4) is 0 Å². The van der Waals surface area contributed by atoms with Gasteiger partial charge in [0.25, 0.3) is 5.91 Å². The Hall–Kier alpha value is -1.81. The number of halogens is 1. The van der Waals surface area contributed by atoms with Crippen LogP contribution in [0, 0.1) is 19.7 Å².